The van der Waals surface area contributed by atoms with Crippen LogP contribution in [0.1, 0.15) is 25.8 Å². The van der Waals surface area contributed by atoms with E-state index in [9.17, 15) is 0 Å². The van der Waals surface area contributed by atoms with Gasteiger partial charge in [0.05, 0.1) is 0 Å². The fourth-order valence-electron chi connectivity index (χ4n) is 2.47. The summed E-state index contributed by atoms with van der Waals surface area (Å²) in [6.45, 7) is 11.4. The molecular formula is C17H24N2. The van der Waals surface area contributed by atoms with Crippen LogP contribution in [0.3, 0.4) is 0 Å². The van der Waals surface area contributed by atoms with Crippen LogP contribution in [0.5, 0.6) is 0 Å². The van der Waals surface area contributed by atoms with Gasteiger partial charge in [0, 0.05) is 23.6 Å². The summed E-state index contributed by atoms with van der Waals surface area (Å²) >= 11 is 0. The van der Waals surface area contributed by atoms with Crippen LogP contribution in [-0.4, -0.2) is 17.7 Å². The van der Waals surface area contributed by atoms with Crippen molar-refractivity contribution in [1.29, 1.82) is 0 Å². The summed E-state index contributed by atoms with van der Waals surface area (Å²) in [5.41, 5.74) is 3.94. The van der Waals surface area contributed by atoms with Crippen LogP contribution >= 0.6 is 0 Å². The van der Waals surface area contributed by atoms with E-state index in [2.05, 4.69) is 60.8 Å². The van der Waals surface area contributed by atoms with Gasteiger partial charge in [-0.25, -0.2) is 0 Å². The van der Waals surface area contributed by atoms with Crippen LogP contribution in [-0.2, 0) is 13.0 Å². The Bertz CT molecular complexity index is 551. The van der Waals surface area contributed by atoms with E-state index >= 15 is 0 Å². The Morgan fingerprint density at radius 3 is 2.79 bits per heavy atom. The van der Waals surface area contributed by atoms with Crippen molar-refractivity contribution < 1.29 is 0 Å². The number of nitrogens with zero attached hydrogens (tertiary/aromatic N) is 1. The molecule has 2 heteroatoms. The van der Waals surface area contributed by atoms with Gasteiger partial charge in [0.25, 0.3) is 0 Å². The maximum atomic E-state index is 4.02. The predicted molar refractivity (Wildman–Crippen MR) is 83.6 cm³/mol. The molecule has 1 aromatic carbocycles. The molecule has 1 N–H and O–H groups in total. The zero-order valence-electron chi connectivity index (χ0n) is 12.1. The third-order valence-electron chi connectivity index (χ3n) is 3.31. The van der Waals surface area contributed by atoms with Crippen LogP contribution in [0.15, 0.2) is 42.6 Å². The lowest BCUT2D eigenvalue weighted by Crippen LogP contribution is -2.17. The van der Waals surface area contributed by atoms with Crippen molar-refractivity contribution in [1.82, 2.24) is 9.88 Å². The molecule has 0 fully saturated rings. The summed E-state index contributed by atoms with van der Waals surface area (Å²) in [7, 11) is 0. The number of rotatable bonds is 7. The second kappa shape index (κ2) is 6.58. The number of fused-ring (bicyclic) bond motifs is 1. The smallest absolute Gasteiger partial charge is 0.0486 e. The lowest BCUT2D eigenvalue weighted by atomic mass is 10.1. The minimum atomic E-state index is 0.906. The molecule has 1 aromatic heterocycles. The van der Waals surface area contributed by atoms with Crippen molar-refractivity contribution in [2.24, 2.45) is 0 Å². The highest BCUT2D eigenvalue weighted by molar-refractivity contribution is 5.84. The Morgan fingerprint density at radius 2 is 2.05 bits per heavy atom. The molecule has 0 saturated heterocycles. The van der Waals surface area contributed by atoms with Gasteiger partial charge in [-0.3, -0.25) is 0 Å². The largest absolute Gasteiger partial charge is 0.343 e. The van der Waals surface area contributed by atoms with E-state index in [0.717, 1.165) is 26.1 Å². The van der Waals surface area contributed by atoms with Crippen molar-refractivity contribution >= 4 is 10.9 Å². The first-order valence-corrected chi connectivity index (χ1v) is 7.14. The molecule has 0 aliphatic rings. The molecule has 0 aliphatic carbocycles. The standard InChI is InChI=1S/C17H24N2/c1-4-10-18-11-9-15-13-19(12-14(2)3)17-8-6-5-7-16(15)17/h5-8,13,18H,2,4,9-12H2,1,3H3. The Morgan fingerprint density at radius 1 is 1.26 bits per heavy atom. The summed E-state index contributed by atoms with van der Waals surface area (Å²) in [6.07, 6.45) is 4.56. The minimum absolute atomic E-state index is 0.906. The number of para-hydroxylation sites is 1. The Labute approximate surface area is 116 Å². The van der Waals surface area contributed by atoms with E-state index < -0.39 is 0 Å². The monoisotopic (exact) mass is 256 g/mol. The molecule has 0 amide bonds. The number of hydrogen-bond donors (Lipinski definition) is 1. The topological polar surface area (TPSA) is 17.0 Å². The number of nitrogens with one attached hydrogen (secondary N) is 1. The first-order chi connectivity index (χ1) is 9.22. The molecule has 0 spiro atoms. The van der Waals surface area contributed by atoms with E-state index in [1.54, 1.807) is 0 Å². The van der Waals surface area contributed by atoms with Crippen molar-refractivity contribution in [3.63, 3.8) is 0 Å². The third-order valence-corrected chi connectivity index (χ3v) is 3.31. The maximum Gasteiger partial charge on any atom is 0.0486 e. The van der Waals surface area contributed by atoms with Gasteiger partial charge in [-0.1, -0.05) is 37.3 Å². The number of aromatic nitrogens is 1. The molecular weight excluding hydrogens is 232 g/mol. The highest BCUT2D eigenvalue weighted by Gasteiger charge is 2.07. The number of hydrogen-bond acceptors (Lipinski definition) is 1. The van der Waals surface area contributed by atoms with Crippen molar-refractivity contribution in [2.45, 2.75) is 33.2 Å². The summed E-state index contributed by atoms with van der Waals surface area (Å²) in [6, 6.07) is 8.65. The summed E-state index contributed by atoms with van der Waals surface area (Å²) < 4.78 is 2.31. The van der Waals surface area contributed by atoms with Gasteiger partial charge in [0.15, 0.2) is 0 Å². The summed E-state index contributed by atoms with van der Waals surface area (Å²) in [5.74, 6) is 0. The van der Waals surface area contributed by atoms with Gasteiger partial charge in [0.2, 0.25) is 0 Å². The van der Waals surface area contributed by atoms with Gasteiger partial charge in [0.1, 0.15) is 0 Å². The lowest BCUT2D eigenvalue weighted by molar-refractivity contribution is 0.671. The minimum Gasteiger partial charge on any atom is -0.343 e. The molecule has 2 nitrogen and oxygen atoms in total. The first kappa shape index (κ1) is 13.9. The quantitative estimate of drug-likeness (QED) is 0.589. The van der Waals surface area contributed by atoms with Gasteiger partial charge in [-0.2, -0.15) is 0 Å². The first-order valence-electron chi connectivity index (χ1n) is 7.14. The highest BCUT2D eigenvalue weighted by Crippen LogP contribution is 2.22. The number of benzene rings is 1. The summed E-state index contributed by atoms with van der Waals surface area (Å²) in [4.78, 5) is 0. The zero-order chi connectivity index (χ0) is 13.7. The lowest BCUT2D eigenvalue weighted by Gasteiger charge is -2.03. The van der Waals surface area contributed by atoms with Crippen molar-refractivity contribution in [3.8, 4) is 0 Å². The Kier molecular flexibility index (Phi) is 4.80. The molecule has 0 radical (unpaired) electrons. The van der Waals surface area contributed by atoms with Crippen LogP contribution in [0.25, 0.3) is 10.9 Å². The van der Waals surface area contributed by atoms with Crippen molar-refractivity contribution in [2.75, 3.05) is 13.1 Å². The fraction of sp³-hybridized carbons (Fsp3) is 0.412. The summed E-state index contributed by atoms with van der Waals surface area (Å²) in [5, 5.41) is 4.85. The normalized spacial score (nSPS) is 11.1. The molecule has 1 heterocycles. The third kappa shape index (κ3) is 3.48. The molecule has 102 valence electrons. The van der Waals surface area contributed by atoms with E-state index in [4.69, 9.17) is 0 Å². The predicted octanol–water partition coefficient (Wildman–Crippen LogP) is 3.76. The van der Waals surface area contributed by atoms with E-state index in [1.807, 2.05) is 0 Å². The molecule has 0 bridgehead atoms. The Hall–Kier alpha value is -1.54. The average molecular weight is 256 g/mol. The molecule has 0 aliphatic heterocycles. The van der Waals surface area contributed by atoms with Gasteiger partial charge < -0.3 is 9.88 Å². The number of allylic oxidation sites excluding steroid dienone is 1. The Balaban J connectivity index is 2.20. The van der Waals surface area contributed by atoms with Crippen molar-refractivity contribution in [3.05, 3.63) is 48.2 Å². The van der Waals surface area contributed by atoms with Crippen LogP contribution in [0.4, 0.5) is 0 Å². The van der Waals surface area contributed by atoms with E-state index in [0.29, 0.717) is 0 Å². The van der Waals surface area contributed by atoms with Gasteiger partial charge in [-0.05, 0) is 44.5 Å². The molecule has 19 heavy (non-hydrogen) atoms. The van der Waals surface area contributed by atoms with Gasteiger partial charge >= 0.3 is 0 Å². The second-order valence-electron chi connectivity index (χ2n) is 5.26. The van der Waals surface area contributed by atoms with Crippen LogP contribution in [0.2, 0.25) is 0 Å². The SMILES string of the molecule is C=C(C)Cn1cc(CCNCCC)c2ccccc21. The van der Waals surface area contributed by atoms with Gasteiger partial charge in [-0.15, -0.1) is 0 Å². The fourth-order valence-corrected chi connectivity index (χ4v) is 2.47. The second-order valence-corrected chi connectivity index (χ2v) is 5.26. The zero-order valence-corrected chi connectivity index (χ0v) is 12.1. The maximum absolute atomic E-state index is 4.02. The van der Waals surface area contributed by atoms with E-state index in [-0.39, 0.29) is 0 Å². The average Bonchev–Trinajstić information content (AvgIpc) is 2.73. The van der Waals surface area contributed by atoms with E-state index in [1.165, 1.54) is 28.5 Å². The molecule has 0 saturated carbocycles. The molecule has 2 aromatic rings. The highest BCUT2D eigenvalue weighted by atomic mass is 15.0. The molecule has 2 rings (SSSR count). The molecule has 0 atom stereocenters. The van der Waals surface area contributed by atoms with Crippen LogP contribution in [0, 0.1) is 0 Å². The molecule has 0 unspecified atom stereocenters. The van der Waals surface area contributed by atoms with Crippen LogP contribution < -0.4 is 5.32 Å².